The van der Waals surface area contributed by atoms with Crippen LogP contribution in [0.1, 0.15) is 6.42 Å². The molecule has 0 spiro atoms. The molecule has 5 heteroatoms. The van der Waals surface area contributed by atoms with Gasteiger partial charge in [0.05, 0.1) is 19.8 Å². The van der Waals surface area contributed by atoms with Gasteiger partial charge in [-0.15, -0.1) is 0 Å². The minimum Gasteiger partial charge on any atom is -0.379 e. The summed E-state index contributed by atoms with van der Waals surface area (Å²) in [4.78, 5) is 4.27. The molecule has 0 aliphatic carbocycles. The fourth-order valence-corrected chi connectivity index (χ4v) is 2.57. The first kappa shape index (κ1) is 12.2. The van der Waals surface area contributed by atoms with E-state index in [1.54, 1.807) is 0 Å². The zero-order chi connectivity index (χ0) is 11.4. The monoisotopic (exact) mass is 234 g/mol. The van der Waals surface area contributed by atoms with E-state index >= 15 is 0 Å². The average molecular weight is 234 g/mol. The number of ether oxygens (including phenoxy) is 1. The Morgan fingerprint density at radius 2 is 1.88 bits per heavy atom. The molecule has 3 nitrogen and oxygen atoms in total. The quantitative estimate of drug-likeness (QED) is 0.719. The summed E-state index contributed by atoms with van der Waals surface area (Å²) in [5.41, 5.74) is 0. The van der Waals surface area contributed by atoms with Crippen molar-refractivity contribution in [2.45, 2.75) is 12.8 Å². The van der Waals surface area contributed by atoms with E-state index in [2.05, 4.69) is 4.90 Å². The second kappa shape index (κ2) is 5.89. The first-order chi connectivity index (χ1) is 7.74. The van der Waals surface area contributed by atoms with Gasteiger partial charge in [0.15, 0.2) is 0 Å². The highest BCUT2D eigenvalue weighted by molar-refractivity contribution is 4.79. The molecule has 16 heavy (non-hydrogen) atoms. The van der Waals surface area contributed by atoms with Crippen molar-refractivity contribution in [3.63, 3.8) is 0 Å². The highest BCUT2D eigenvalue weighted by Gasteiger charge is 2.26. The molecule has 0 N–H and O–H groups in total. The molecule has 2 aliphatic rings. The van der Waals surface area contributed by atoms with Gasteiger partial charge < -0.3 is 4.74 Å². The molecule has 0 unspecified atom stereocenters. The number of morpholine rings is 1. The van der Waals surface area contributed by atoms with E-state index in [9.17, 15) is 8.78 Å². The van der Waals surface area contributed by atoms with Crippen molar-refractivity contribution in [2.75, 3.05) is 52.5 Å². The predicted octanol–water partition coefficient (Wildman–Crippen LogP) is 0.906. The van der Waals surface area contributed by atoms with Crippen LogP contribution in [-0.2, 0) is 4.74 Å². The van der Waals surface area contributed by atoms with Crippen LogP contribution in [-0.4, -0.2) is 68.7 Å². The van der Waals surface area contributed by atoms with Crippen molar-refractivity contribution in [3.05, 3.63) is 0 Å². The zero-order valence-corrected chi connectivity index (χ0v) is 9.58. The van der Waals surface area contributed by atoms with Crippen LogP contribution in [0.25, 0.3) is 0 Å². The molecular weight excluding hydrogens is 214 g/mol. The SMILES string of the molecule is FC(F)CN1CC[C@@H](CN2CCOCC2)C1. The van der Waals surface area contributed by atoms with Crippen LogP contribution in [0.4, 0.5) is 8.78 Å². The lowest BCUT2D eigenvalue weighted by Gasteiger charge is -2.29. The smallest absolute Gasteiger partial charge is 0.251 e. The summed E-state index contributed by atoms with van der Waals surface area (Å²) in [6, 6.07) is 0. The molecule has 1 atom stereocenters. The fraction of sp³-hybridized carbons (Fsp3) is 1.00. The Kier molecular flexibility index (Phi) is 4.49. The Morgan fingerprint density at radius 3 is 2.56 bits per heavy atom. The molecule has 0 aromatic heterocycles. The molecular formula is C11H20F2N2O. The summed E-state index contributed by atoms with van der Waals surface area (Å²) in [6.45, 7) is 6.27. The molecule has 2 heterocycles. The van der Waals surface area contributed by atoms with E-state index in [1.807, 2.05) is 4.90 Å². The third-order valence-electron chi connectivity index (χ3n) is 3.39. The van der Waals surface area contributed by atoms with Gasteiger partial charge in [-0.1, -0.05) is 0 Å². The zero-order valence-electron chi connectivity index (χ0n) is 9.58. The normalized spacial score (nSPS) is 29.1. The Hall–Kier alpha value is -0.260. The number of halogens is 2. The topological polar surface area (TPSA) is 15.7 Å². The maximum atomic E-state index is 12.2. The second-order valence-electron chi connectivity index (χ2n) is 4.72. The molecule has 0 aromatic carbocycles. The number of likely N-dealkylation sites (tertiary alicyclic amines) is 1. The lowest BCUT2D eigenvalue weighted by atomic mass is 10.1. The first-order valence-electron chi connectivity index (χ1n) is 6.04. The van der Waals surface area contributed by atoms with Gasteiger partial charge >= 0.3 is 0 Å². The van der Waals surface area contributed by atoms with Crippen molar-refractivity contribution in [1.29, 1.82) is 0 Å². The summed E-state index contributed by atoms with van der Waals surface area (Å²) in [6.07, 6.45) is -1.13. The molecule has 2 aliphatic heterocycles. The van der Waals surface area contributed by atoms with Crippen LogP contribution < -0.4 is 0 Å². The maximum Gasteiger partial charge on any atom is 0.251 e. The number of hydrogen-bond acceptors (Lipinski definition) is 3. The summed E-state index contributed by atoms with van der Waals surface area (Å²) in [5, 5.41) is 0. The molecule has 0 radical (unpaired) electrons. The maximum absolute atomic E-state index is 12.2. The van der Waals surface area contributed by atoms with E-state index < -0.39 is 6.43 Å². The Morgan fingerprint density at radius 1 is 1.12 bits per heavy atom. The summed E-state index contributed by atoms with van der Waals surface area (Å²) >= 11 is 0. The minimum absolute atomic E-state index is 0.0559. The van der Waals surface area contributed by atoms with E-state index in [0.717, 1.165) is 52.4 Å². The lowest BCUT2D eigenvalue weighted by Crippen LogP contribution is -2.40. The van der Waals surface area contributed by atoms with Crippen LogP contribution >= 0.6 is 0 Å². The van der Waals surface area contributed by atoms with Crippen molar-refractivity contribution in [3.8, 4) is 0 Å². The lowest BCUT2D eigenvalue weighted by molar-refractivity contribution is 0.0305. The third kappa shape index (κ3) is 3.64. The van der Waals surface area contributed by atoms with E-state index in [1.165, 1.54) is 0 Å². The van der Waals surface area contributed by atoms with Crippen LogP contribution in [0.3, 0.4) is 0 Å². The number of alkyl halides is 2. The summed E-state index contributed by atoms with van der Waals surface area (Å²) in [5.74, 6) is 0.567. The molecule has 0 aromatic rings. The van der Waals surface area contributed by atoms with Crippen LogP contribution in [0, 0.1) is 5.92 Å². The Bertz CT molecular complexity index is 210. The molecule has 94 valence electrons. The third-order valence-corrected chi connectivity index (χ3v) is 3.39. The van der Waals surface area contributed by atoms with Crippen LogP contribution in [0.5, 0.6) is 0 Å². The van der Waals surface area contributed by atoms with E-state index in [4.69, 9.17) is 4.74 Å². The van der Waals surface area contributed by atoms with Crippen molar-refractivity contribution < 1.29 is 13.5 Å². The molecule has 0 bridgehead atoms. The molecule has 0 amide bonds. The Balaban J connectivity index is 1.67. The minimum atomic E-state index is -2.19. The van der Waals surface area contributed by atoms with Gasteiger partial charge in [0.25, 0.3) is 6.43 Å². The number of nitrogens with zero attached hydrogens (tertiary/aromatic N) is 2. The van der Waals surface area contributed by atoms with Gasteiger partial charge in [0, 0.05) is 26.2 Å². The van der Waals surface area contributed by atoms with Crippen molar-refractivity contribution in [1.82, 2.24) is 9.80 Å². The Labute approximate surface area is 95.3 Å². The van der Waals surface area contributed by atoms with Gasteiger partial charge in [-0.25, -0.2) is 8.78 Å². The average Bonchev–Trinajstić information content (AvgIpc) is 2.66. The highest BCUT2D eigenvalue weighted by atomic mass is 19.3. The second-order valence-corrected chi connectivity index (χ2v) is 4.72. The molecule has 2 rings (SSSR count). The fourth-order valence-electron chi connectivity index (χ4n) is 2.57. The molecule has 2 fully saturated rings. The number of hydrogen-bond donors (Lipinski definition) is 0. The van der Waals surface area contributed by atoms with Crippen LogP contribution in [0.2, 0.25) is 0 Å². The molecule has 2 saturated heterocycles. The first-order valence-corrected chi connectivity index (χ1v) is 6.04. The van der Waals surface area contributed by atoms with Gasteiger partial charge in [0.2, 0.25) is 0 Å². The van der Waals surface area contributed by atoms with Gasteiger partial charge in [-0.3, -0.25) is 9.80 Å². The van der Waals surface area contributed by atoms with Crippen molar-refractivity contribution >= 4 is 0 Å². The van der Waals surface area contributed by atoms with E-state index in [-0.39, 0.29) is 6.54 Å². The number of rotatable bonds is 4. The predicted molar refractivity (Wildman–Crippen MR) is 57.8 cm³/mol. The summed E-state index contributed by atoms with van der Waals surface area (Å²) in [7, 11) is 0. The molecule has 0 saturated carbocycles. The van der Waals surface area contributed by atoms with Gasteiger partial charge in [0.1, 0.15) is 0 Å². The summed E-state index contributed by atoms with van der Waals surface area (Å²) < 4.78 is 29.7. The van der Waals surface area contributed by atoms with Crippen molar-refractivity contribution in [2.24, 2.45) is 5.92 Å². The standard InChI is InChI=1S/C11H20F2N2O/c12-11(13)9-15-2-1-10(8-15)7-14-3-5-16-6-4-14/h10-11H,1-9H2/t10-/m0/s1. The van der Waals surface area contributed by atoms with Gasteiger partial charge in [-0.2, -0.15) is 0 Å². The highest BCUT2D eigenvalue weighted by Crippen LogP contribution is 2.18. The van der Waals surface area contributed by atoms with Crippen LogP contribution in [0.15, 0.2) is 0 Å². The largest absolute Gasteiger partial charge is 0.379 e. The van der Waals surface area contributed by atoms with E-state index in [0.29, 0.717) is 5.92 Å². The van der Waals surface area contributed by atoms with Gasteiger partial charge in [-0.05, 0) is 18.9 Å².